The Labute approximate surface area is 141 Å². The minimum atomic E-state index is -1.10. The molecule has 0 aliphatic rings. The molecule has 1 rings (SSSR count). The van der Waals surface area contributed by atoms with E-state index in [0.29, 0.717) is 6.42 Å². The summed E-state index contributed by atoms with van der Waals surface area (Å²) >= 11 is 0. The van der Waals surface area contributed by atoms with Gasteiger partial charge in [-0.1, -0.05) is 20.8 Å². The molecule has 0 spiro atoms. The van der Waals surface area contributed by atoms with Crippen LogP contribution in [0.3, 0.4) is 0 Å². The summed E-state index contributed by atoms with van der Waals surface area (Å²) in [4.78, 5) is 43.9. The van der Waals surface area contributed by atoms with E-state index in [1.165, 1.54) is 24.3 Å². The molecule has 132 valence electrons. The number of rotatable bonds is 5. The van der Waals surface area contributed by atoms with Crippen molar-refractivity contribution in [2.45, 2.75) is 47.5 Å². The SMILES string of the molecule is CC(C)(C)CCC(C)(C)C(=O)OOC(=O)c1ccc(C(=O)O)cc1. The van der Waals surface area contributed by atoms with Gasteiger partial charge in [-0.05, 0) is 56.4 Å². The van der Waals surface area contributed by atoms with E-state index in [0.717, 1.165) is 6.42 Å². The van der Waals surface area contributed by atoms with E-state index < -0.39 is 23.3 Å². The van der Waals surface area contributed by atoms with Crippen LogP contribution in [0.1, 0.15) is 68.2 Å². The minimum Gasteiger partial charge on any atom is -0.478 e. The van der Waals surface area contributed by atoms with Crippen LogP contribution in [-0.2, 0) is 14.6 Å². The van der Waals surface area contributed by atoms with Crippen molar-refractivity contribution in [2.75, 3.05) is 0 Å². The quantitative estimate of drug-likeness (QED) is 0.649. The number of carboxylic acids is 1. The zero-order valence-electron chi connectivity index (χ0n) is 14.7. The van der Waals surface area contributed by atoms with Crippen molar-refractivity contribution in [2.24, 2.45) is 10.8 Å². The van der Waals surface area contributed by atoms with E-state index in [-0.39, 0.29) is 16.5 Å². The maximum atomic E-state index is 12.1. The monoisotopic (exact) mass is 336 g/mol. The normalized spacial score (nSPS) is 11.7. The maximum Gasteiger partial charge on any atom is 0.386 e. The van der Waals surface area contributed by atoms with Crippen LogP contribution in [0.2, 0.25) is 0 Å². The summed E-state index contributed by atoms with van der Waals surface area (Å²) in [6.07, 6.45) is 1.42. The van der Waals surface area contributed by atoms with Gasteiger partial charge in [0.05, 0.1) is 16.5 Å². The molecule has 0 bridgehead atoms. The lowest BCUT2D eigenvalue weighted by atomic mass is 9.80. The molecule has 0 radical (unpaired) electrons. The van der Waals surface area contributed by atoms with Crippen molar-refractivity contribution >= 4 is 17.9 Å². The van der Waals surface area contributed by atoms with Gasteiger partial charge in [0.1, 0.15) is 0 Å². The summed E-state index contributed by atoms with van der Waals surface area (Å²) in [7, 11) is 0. The molecule has 0 fully saturated rings. The Morgan fingerprint density at radius 1 is 0.875 bits per heavy atom. The van der Waals surface area contributed by atoms with E-state index in [1.807, 2.05) is 0 Å². The molecule has 0 amide bonds. The smallest absolute Gasteiger partial charge is 0.386 e. The van der Waals surface area contributed by atoms with Gasteiger partial charge in [-0.15, -0.1) is 0 Å². The van der Waals surface area contributed by atoms with Gasteiger partial charge >= 0.3 is 17.9 Å². The highest BCUT2D eigenvalue weighted by molar-refractivity contribution is 5.92. The Morgan fingerprint density at radius 2 is 1.38 bits per heavy atom. The number of benzene rings is 1. The second kappa shape index (κ2) is 7.47. The number of hydrogen-bond acceptors (Lipinski definition) is 5. The van der Waals surface area contributed by atoms with Crippen LogP contribution in [0, 0.1) is 10.8 Å². The molecule has 0 aliphatic heterocycles. The molecule has 0 saturated carbocycles. The van der Waals surface area contributed by atoms with Gasteiger partial charge in [-0.3, -0.25) is 0 Å². The molecule has 0 aliphatic carbocycles. The van der Waals surface area contributed by atoms with E-state index in [1.54, 1.807) is 13.8 Å². The third-order valence-electron chi connectivity index (χ3n) is 3.61. The molecule has 1 N–H and O–H groups in total. The molecule has 0 atom stereocenters. The average molecular weight is 336 g/mol. The Hall–Kier alpha value is -2.37. The summed E-state index contributed by atoms with van der Waals surface area (Å²) in [5.74, 6) is -2.57. The zero-order chi connectivity index (χ0) is 18.5. The van der Waals surface area contributed by atoms with Crippen molar-refractivity contribution in [3.8, 4) is 0 Å². The molecular weight excluding hydrogens is 312 g/mol. The van der Waals surface area contributed by atoms with Gasteiger partial charge < -0.3 is 5.11 Å². The first-order valence-corrected chi connectivity index (χ1v) is 7.69. The summed E-state index contributed by atoms with van der Waals surface area (Å²) < 4.78 is 0. The van der Waals surface area contributed by atoms with Crippen LogP contribution in [0.4, 0.5) is 0 Å². The zero-order valence-corrected chi connectivity index (χ0v) is 14.7. The van der Waals surface area contributed by atoms with Crippen molar-refractivity contribution in [3.63, 3.8) is 0 Å². The highest BCUT2D eigenvalue weighted by Gasteiger charge is 2.32. The average Bonchev–Trinajstić information content (AvgIpc) is 2.49. The van der Waals surface area contributed by atoms with E-state index in [4.69, 9.17) is 5.11 Å². The molecule has 1 aromatic rings. The molecule has 0 saturated heterocycles. The fourth-order valence-corrected chi connectivity index (χ4v) is 1.78. The molecule has 24 heavy (non-hydrogen) atoms. The van der Waals surface area contributed by atoms with Crippen LogP contribution in [0.15, 0.2) is 24.3 Å². The molecule has 0 unspecified atom stereocenters. The van der Waals surface area contributed by atoms with Gasteiger partial charge in [0, 0.05) is 0 Å². The Balaban J connectivity index is 2.59. The standard InChI is InChI=1S/C18H24O6/c1-17(2,3)10-11-18(4,5)16(22)24-23-15(21)13-8-6-12(7-9-13)14(19)20/h6-9H,10-11H2,1-5H3,(H,19,20). The third-order valence-corrected chi connectivity index (χ3v) is 3.61. The van der Waals surface area contributed by atoms with Gasteiger partial charge in [-0.25, -0.2) is 24.2 Å². The van der Waals surface area contributed by atoms with Gasteiger partial charge in [0.15, 0.2) is 0 Å². The van der Waals surface area contributed by atoms with Crippen molar-refractivity contribution in [1.82, 2.24) is 0 Å². The second-order valence-corrected chi connectivity index (χ2v) is 7.57. The topological polar surface area (TPSA) is 89.9 Å². The summed E-state index contributed by atoms with van der Waals surface area (Å²) in [5, 5.41) is 8.80. The minimum absolute atomic E-state index is 0.0480. The van der Waals surface area contributed by atoms with E-state index in [9.17, 15) is 14.4 Å². The van der Waals surface area contributed by atoms with Gasteiger partial charge in [0.2, 0.25) is 0 Å². The Morgan fingerprint density at radius 3 is 1.83 bits per heavy atom. The largest absolute Gasteiger partial charge is 0.478 e. The van der Waals surface area contributed by atoms with Gasteiger partial charge in [-0.2, -0.15) is 0 Å². The van der Waals surface area contributed by atoms with Crippen LogP contribution in [0.25, 0.3) is 0 Å². The fourth-order valence-electron chi connectivity index (χ4n) is 1.78. The van der Waals surface area contributed by atoms with Crippen LogP contribution >= 0.6 is 0 Å². The fraction of sp³-hybridized carbons (Fsp3) is 0.500. The van der Waals surface area contributed by atoms with Crippen molar-refractivity contribution in [1.29, 1.82) is 0 Å². The Bertz CT molecular complexity index is 607. The predicted octanol–water partition coefficient (Wildman–Crippen LogP) is 3.85. The number of carbonyl (C=O) groups is 3. The Kier molecular flexibility index (Phi) is 6.12. The van der Waals surface area contributed by atoms with Gasteiger partial charge in [0.25, 0.3) is 0 Å². The maximum absolute atomic E-state index is 12.1. The first-order valence-electron chi connectivity index (χ1n) is 7.69. The van der Waals surface area contributed by atoms with E-state index in [2.05, 4.69) is 30.5 Å². The predicted molar refractivity (Wildman–Crippen MR) is 87.4 cm³/mol. The second-order valence-electron chi connectivity index (χ2n) is 7.57. The van der Waals surface area contributed by atoms with E-state index >= 15 is 0 Å². The molecule has 0 aromatic heterocycles. The molecular formula is C18H24O6. The number of carbonyl (C=O) groups excluding carboxylic acids is 2. The number of aromatic carboxylic acids is 1. The van der Waals surface area contributed by atoms with Crippen molar-refractivity contribution < 1.29 is 29.3 Å². The first kappa shape index (κ1) is 19.7. The van der Waals surface area contributed by atoms with Crippen LogP contribution < -0.4 is 0 Å². The molecule has 1 aromatic carbocycles. The van der Waals surface area contributed by atoms with Crippen LogP contribution in [0.5, 0.6) is 0 Å². The lowest BCUT2D eigenvalue weighted by Crippen LogP contribution is -2.29. The lowest BCUT2D eigenvalue weighted by Gasteiger charge is -2.26. The summed E-state index contributed by atoms with van der Waals surface area (Å²) in [5.41, 5.74) is -0.548. The molecule has 0 heterocycles. The highest BCUT2D eigenvalue weighted by Crippen LogP contribution is 2.31. The third kappa shape index (κ3) is 6.02. The summed E-state index contributed by atoms with van der Waals surface area (Å²) in [6, 6.07) is 5.14. The molecule has 6 nitrogen and oxygen atoms in total. The van der Waals surface area contributed by atoms with Crippen LogP contribution in [-0.4, -0.2) is 23.0 Å². The first-order chi connectivity index (χ1) is 10.9. The number of carboxylic acid groups (broad SMARTS) is 1. The van der Waals surface area contributed by atoms with Crippen molar-refractivity contribution in [3.05, 3.63) is 35.4 Å². The summed E-state index contributed by atoms with van der Waals surface area (Å²) in [6.45, 7) is 9.70. The number of hydrogen-bond donors (Lipinski definition) is 1. The lowest BCUT2D eigenvalue weighted by molar-refractivity contribution is -0.243. The molecule has 6 heteroatoms. The highest BCUT2D eigenvalue weighted by atomic mass is 17.2.